The second-order valence-corrected chi connectivity index (χ2v) is 5.46. The fourth-order valence-electron chi connectivity index (χ4n) is 1.92. The molecule has 0 unspecified atom stereocenters. The Kier molecular flexibility index (Phi) is 4.37. The summed E-state index contributed by atoms with van der Waals surface area (Å²) in [7, 11) is 0. The minimum Gasteiger partial charge on any atom is -0.378 e. The number of rotatable bonds is 4. The van der Waals surface area contributed by atoms with E-state index in [0.717, 1.165) is 37.4 Å². The molecule has 3 rings (SSSR count). The number of aromatic nitrogens is 2. The van der Waals surface area contributed by atoms with Gasteiger partial charge >= 0.3 is 0 Å². The smallest absolute Gasteiger partial charge is 0.185 e. The van der Waals surface area contributed by atoms with Crippen LogP contribution < -0.4 is 10.3 Å². The highest BCUT2D eigenvalue weighted by Gasteiger charge is 2.12. The summed E-state index contributed by atoms with van der Waals surface area (Å²) in [6, 6.07) is 4.04. The highest BCUT2D eigenvalue weighted by atomic mass is 32.1. The third-order valence-corrected chi connectivity index (χ3v) is 4.05. The molecule has 1 fully saturated rings. The van der Waals surface area contributed by atoms with E-state index in [-0.39, 0.29) is 5.82 Å². The average Bonchev–Trinajstić information content (AvgIpc) is 2.99. The molecule has 21 heavy (non-hydrogen) atoms. The molecule has 0 amide bonds. The molecule has 3 heterocycles. The van der Waals surface area contributed by atoms with Crippen molar-refractivity contribution in [3.63, 3.8) is 0 Å². The Morgan fingerprint density at radius 1 is 1.38 bits per heavy atom. The first-order valence-electron chi connectivity index (χ1n) is 6.50. The quantitative estimate of drug-likeness (QED) is 0.691. The van der Waals surface area contributed by atoms with Gasteiger partial charge in [0.05, 0.1) is 30.6 Å². The van der Waals surface area contributed by atoms with Crippen LogP contribution >= 0.6 is 11.3 Å². The number of ether oxygens (including phenoxy) is 1. The minimum atomic E-state index is -0.533. The summed E-state index contributed by atoms with van der Waals surface area (Å²) < 4.78 is 18.6. The molecule has 1 saturated heterocycles. The number of nitrogens with one attached hydrogen (secondary N) is 1. The fourth-order valence-corrected chi connectivity index (χ4v) is 2.85. The lowest BCUT2D eigenvalue weighted by Crippen LogP contribution is -2.35. The van der Waals surface area contributed by atoms with Crippen molar-refractivity contribution in [3.05, 3.63) is 35.4 Å². The summed E-state index contributed by atoms with van der Waals surface area (Å²) in [4.78, 5) is 10.6. The van der Waals surface area contributed by atoms with Crippen molar-refractivity contribution in [1.82, 2.24) is 9.97 Å². The van der Waals surface area contributed by atoms with Crippen LogP contribution in [0.25, 0.3) is 0 Å². The molecule has 0 aromatic carbocycles. The van der Waals surface area contributed by atoms with Gasteiger partial charge in [-0.2, -0.15) is 5.10 Å². The van der Waals surface area contributed by atoms with E-state index in [2.05, 4.69) is 31.5 Å². The predicted octanol–water partition coefficient (Wildman–Crippen LogP) is 1.96. The van der Waals surface area contributed by atoms with Crippen molar-refractivity contribution >= 4 is 28.4 Å². The van der Waals surface area contributed by atoms with E-state index in [9.17, 15) is 4.39 Å². The Balaban J connectivity index is 1.61. The Morgan fingerprint density at radius 3 is 3.05 bits per heavy atom. The van der Waals surface area contributed by atoms with Gasteiger partial charge in [0.2, 0.25) is 0 Å². The minimum absolute atomic E-state index is 0.0613. The molecular weight excluding hydrogens is 293 g/mol. The second kappa shape index (κ2) is 6.59. The summed E-state index contributed by atoms with van der Waals surface area (Å²) in [6.45, 7) is 3.33. The van der Waals surface area contributed by atoms with E-state index >= 15 is 0 Å². The van der Waals surface area contributed by atoms with Crippen LogP contribution in [0.1, 0.15) is 4.88 Å². The second-order valence-electron chi connectivity index (χ2n) is 4.36. The van der Waals surface area contributed by atoms with Crippen molar-refractivity contribution in [2.75, 3.05) is 36.6 Å². The van der Waals surface area contributed by atoms with Crippen LogP contribution in [0.4, 0.5) is 15.2 Å². The van der Waals surface area contributed by atoms with Crippen LogP contribution in [-0.2, 0) is 4.74 Å². The lowest BCUT2D eigenvalue weighted by atomic mass is 10.4. The number of hydrogen-bond acceptors (Lipinski definition) is 7. The van der Waals surface area contributed by atoms with Crippen LogP contribution in [-0.4, -0.2) is 42.5 Å². The number of hydrazone groups is 1. The van der Waals surface area contributed by atoms with Gasteiger partial charge in [0, 0.05) is 18.0 Å². The van der Waals surface area contributed by atoms with Crippen LogP contribution in [0.15, 0.2) is 29.8 Å². The molecule has 1 N–H and O–H groups in total. The molecule has 0 spiro atoms. The zero-order chi connectivity index (χ0) is 14.5. The number of nitrogens with zero attached hydrogens (tertiary/aromatic N) is 4. The third-order valence-electron chi connectivity index (χ3n) is 2.97. The Bertz CT molecular complexity index is 627. The molecule has 110 valence electrons. The summed E-state index contributed by atoms with van der Waals surface area (Å²) >= 11 is 1.63. The van der Waals surface area contributed by atoms with Gasteiger partial charge in [-0.3, -0.25) is 5.43 Å². The van der Waals surface area contributed by atoms with Crippen molar-refractivity contribution in [1.29, 1.82) is 0 Å². The van der Waals surface area contributed by atoms with Crippen LogP contribution in [0.3, 0.4) is 0 Å². The summed E-state index contributed by atoms with van der Waals surface area (Å²) in [6.07, 6.45) is 4.01. The standard InChI is InChI=1S/C13H14FN5OS/c14-11-8-15-9-16-13(11)18-17-7-10-1-2-12(21-10)19-3-5-20-6-4-19/h1-2,7-9H,3-6H2,(H,15,16,18)/b17-7+. The maximum Gasteiger partial charge on any atom is 0.185 e. The lowest BCUT2D eigenvalue weighted by molar-refractivity contribution is 0.123. The number of anilines is 2. The maximum atomic E-state index is 13.3. The largest absolute Gasteiger partial charge is 0.378 e. The first-order valence-corrected chi connectivity index (χ1v) is 7.32. The van der Waals surface area contributed by atoms with Gasteiger partial charge < -0.3 is 9.64 Å². The van der Waals surface area contributed by atoms with E-state index in [4.69, 9.17) is 4.74 Å². The predicted molar refractivity (Wildman–Crippen MR) is 80.6 cm³/mol. The molecule has 2 aromatic heterocycles. The van der Waals surface area contributed by atoms with E-state index < -0.39 is 5.82 Å². The van der Waals surface area contributed by atoms with Crippen molar-refractivity contribution in [2.24, 2.45) is 5.10 Å². The van der Waals surface area contributed by atoms with Gasteiger partial charge in [-0.1, -0.05) is 0 Å². The molecule has 0 atom stereocenters. The van der Waals surface area contributed by atoms with Crippen LogP contribution in [0.2, 0.25) is 0 Å². The van der Waals surface area contributed by atoms with Crippen molar-refractivity contribution in [3.8, 4) is 0 Å². The van der Waals surface area contributed by atoms with E-state index in [1.54, 1.807) is 17.6 Å². The van der Waals surface area contributed by atoms with E-state index in [0.29, 0.717) is 0 Å². The van der Waals surface area contributed by atoms with Gasteiger partial charge in [0.1, 0.15) is 6.33 Å². The molecule has 1 aliphatic rings. The van der Waals surface area contributed by atoms with Gasteiger partial charge in [-0.25, -0.2) is 14.4 Å². The maximum absolute atomic E-state index is 13.3. The molecule has 6 nitrogen and oxygen atoms in total. The SMILES string of the molecule is Fc1cncnc1N/N=C/c1ccc(N2CCOCC2)s1. The zero-order valence-electron chi connectivity index (χ0n) is 11.2. The number of morpholine rings is 1. The normalized spacial score (nSPS) is 15.6. The van der Waals surface area contributed by atoms with Crippen LogP contribution in [0.5, 0.6) is 0 Å². The number of thiophene rings is 1. The molecule has 0 saturated carbocycles. The zero-order valence-corrected chi connectivity index (χ0v) is 12.0. The number of hydrogen-bond donors (Lipinski definition) is 1. The highest BCUT2D eigenvalue weighted by Crippen LogP contribution is 2.25. The molecule has 8 heteroatoms. The van der Waals surface area contributed by atoms with Gasteiger partial charge in [-0.15, -0.1) is 11.3 Å². The average molecular weight is 307 g/mol. The fraction of sp³-hybridized carbons (Fsp3) is 0.308. The van der Waals surface area contributed by atoms with Crippen molar-refractivity contribution < 1.29 is 9.13 Å². The van der Waals surface area contributed by atoms with Gasteiger partial charge in [0.15, 0.2) is 11.6 Å². The molecule has 2 aromatic rings. The topological polar surface area (TPSA) is 62.6 Å². The molecule has 0 aliphatic carbocycles. The Labute approximate surface area is 125 Å². The Hall–Kier alpha value is -2.06. The van der Waals surface area contributed by atoms with Gasteiger partial charge in [0.25, 0.3) is 0 Å². The van der Waals surface area contributed by atoms with Crippen LogP contribution in [0, 0.1) is 5.82 Å². The van der Waals surface area contributed by atoms with Crippen molar-refractivity contribution in [2.45, 2.75) is 0 Å². The molecular formula is C13H14FN5OS. The third kappa shape index (κ3) is 3.53. The monoisotopic (exact) mass is 307 g/mol. The Morgan fingerprint density at radius 2 is 2.24 bits per heavy atom. The van der Waals surface area contributed by atoms with Gasteiger partial charge in [-0.05, 0) is 12.1 Å². The summed E-state index contributed by atoms with van der Waals surface area (Å²) in [5, 5.41) is 5.18. The number of halogens is 1. The van der Waals surface area contributed by atoms with E-state index in [1.165, 1.54) is 11.3 Å². The molecule has 0 bridgehead atoms. The molecule has 0 radical (unpaired) electrons. The highest BCUT2D eigenvalue weighted by molar-refractivity contribution is 7.17. The summed E-state index contributed by atoms with van der Waals surface area (Å²) in [5.74, 6) is -0.471. The first-order chi connectivity index (χ1) is 10.3. The first kappa shape index (κ1) is 13.9. The summed E-state index contributed by atoms with van der Waals surface area (Å²) in [5.41, 5.74) is 2.57. The lowest BCUT2D eigenvalue weighted by Gasteiger charge is -2.27. The van der Waals surface area contributed by atoms with E-state index in [1.807, 2.05) is 6.07 Å². The molecule has 1 aliphatic heterocycles.